The smallest absolute Gasteiger partial charge is 0.124 e. The van der Waals surface area contributed by atoms with Crippen molar-refractivity contribution in [2.24, 2.45) is 0 Å². The van der Waals surface area contributed by atoms with Crippen LogP contribution in [0.25, 0.3) is 0 Å². The van der Waals surface area contributed by atoms with E-state index in [0.29, 0.717) is 5.69 Å². The van der Waals surface area contributed by atoms with Gasteiger partial charge in [-0.2, -0.15) is 0 Å². The second-order valence-electron chi connectivity index (χ2n) is 3.33. The summed E-state index contributed by atoms with van der Waals surface area (Å²) in [5.74, 6) is 0.839. The molecule has 0 spiro atoms. The Morgan fingerprint density at radius 2 is 2.00 bits per heavy atom. The summed E-state index contributed by atoms with van der Waals surface area (Å²) in [4.78, 5) is 5.35. The van der Waals surface area contributed by atoms with Crippen molar-refractivity contribution < 1.29 is 4.74 Å². The molecule has 0 aliphatic heterocycles. The summed E-state index contributed by atoms with van der Waals surface area (Å²) in [6.45, 7) is 0. The van der Waals surface area contributed by atoms with Gasteiger partial charge in [0.1, 0.15) is 10.8 Å². The van der Waals surface area contributed by atoms with Gasteiger partial charge < -0.3 is 10.5 Å². The van der Waals surface area contributed by atoms with Crippen molar-refractivity contribution in [1.29, 1.82) is 0 Å². The van der Waals surface area contributed by atoms with Crippen molar-refractivity contribution in [1.82, 2.24) is 4.98 Å². The Labute approximate surface area is 113 Å². The summed E-state index contributed by atoms with van der Waals surface area (Å²) < 4.78 is 5.99. The van der Waals surface area contributed by atoms with E-state index in [1.165, 1.54) is 11.8 Å². The van der Waals surface area contributed by atoms with Crippen LogP contribution in [0.15, 0.2) is 50.9 Å². The zero-order valence-electron chi connectivity index (χ0n) is 9.18. The number of halogens is 1. The molecule has 1 aromatic heterocycles. The molecule has 0 atom stereocenters. The van der Waals surface area contributed by atoms with E-state index in [-0.39, 0.29) is 0 Å². The lowest BCUT2D eigenvalue weighted by Gasteiger charge is -2.05. The minimum Gasteiger partial charge on any atom is -0.497 e. The van der Waals surface area contributed by atoms with Gasteiger partial charge in [-0.3, -0.25) is 0 Å². The molecule has 0 bridgehead atoms. The molecule has 17 heavy (non-hydrogen) atoms. The molecule has 0 radical (unpaired) electrons. The van der Waals surface area contributed by atoms with Crippen LogP contribution in [0.2, 0.25) is 0 Å². The van der Waals surface area contributed by atoms with Crippen molar-refractivity contribution >= 4 is 33.4 Å². The maximum absolute atomic E-state index is 5.89. The van der Waals surface area contributed by atoms with Gasteiger partial charge in [0, 0.05) is 15.6 Å². The molecule has 0 aliphatic rings. The molecule has 0 fully saturated rings. The number of rotatable bonds is 3. The zero-order chi connectivity index (χ0) is 12.3. The number of ether oxygens (including phenoxy) is 1. The molecule has 2 rings (SSSR count). The summed E-state index contributed by atoms with van der Waals surface area (Å²) in [5, 5.41) is 0.804. The monoisotopic (exact) mass is 310 g/mol. The van der Waals surface area contributed by atoms with E-state index in [9.17, 15) is 0 Å². The Balaban J connectivity index is 2.19. The van der Waals surface area contributed by atoms with Gasteiger partial charge in [0.25, 0.3) is 0 Å². The molecule has 0 unspecified atom stereocenters. The number of aromatic nitrogens is 1. The molecular weight excluding hydrogens is 300 g/mol. The largest absolute Gasteiger partial charge is 0.497 e. The first kappa shape index (κ1) is 12.3. The molecule has 0 saturated heterocycles. The number of hydrogen-bond acceptors (Lipinski definition) is 4. The average Bonchev–Trinajstić information content (AvgIpc) is 2.34. The third-order valence-electron chi connectivity index (χ3n) is 2.12. The van der Waals surface area contributed by atoms with Gasteiger partial charge in [-0.15, -0.1) is 0 Å². The lowest BCUT2D eigenvalue weighted by molar-refractivity contribution is 0.414. The number of hydrogen-bond donors (Lipinski definition) is 1. The highest BCUT2D eigenvalue weighted by molar-refractivity contribution is 9.10. The second kappa shape index (κ2) is 5.42. The van der Waals surface area contributed by atoms with E-state index in [1.54, 1.807) is 13.3 Å². The maximum Gasteiger partial charge on any atom is 0.124 e. The summed E-state index contributed by atoms with van der Waals surface area (Å²) in [7, 11) is 1.65. The summed E-state index contributed by atoms with van der Waals surface area (Å²) >= 11 is 4.86. The number of anilines is 1. The molecule has 2 N–H and O–H groups in total. The Morgan fingerprint density at radius 1 is 1.29 bits per heavy atom. The first-order valence-electron chi connectivity index (χ1n) is 4.92. The average molecular weight is 311 g/mol. The van der Waals surface area contributed by atoms with Crippen LogP contribution < -0.4 is 10.5 Å². The number of nitrogen functional groups attached to an aromatic ring is 1. The summed E-state index contributed by atoms with van der Waals surface area (Å²) in [5.41, 5.74) is 6.55. The number of nitrogens with two attached hydrogens (primary N) is 1. The van der Waals surface area contributed by atoms with E-state index in [0.717, 1.165) is 20.1 Å². The van der Waals surface area contributed by atoms with Crippen LogP contribution in [0.1, 0.15) is 0 Å². The van der Waals surface area contributed by atoms with Gasteiger partial charge in [0.2, 0.25) is 0 Å². The third kappa shape index (κ3) is 3.14. The van der Waals surface area contributed by atoms with Gasteiger partial charge in [0.05, 0.1) is 12.8 Å². The molecular formula is C12H11BrN2OS. The number of pyridine rings is 1. The number of methoxy groups -OCH3 is 1. The van der Waals surface area contributed by atoms with Crippen LogP contribution in [-0.4, -0.2) is 12.1 Å². The topological polar surface area (TPSA) is 48.1 Å². The Bertz CT molecular complexity index is 516. The molecule has 0 saturated carbocycles. The fourth-order valence-electron chi connectivity index (χ4n) is 1.28. The SMILES string of the molecule is COc1ccc(Sc2ncc(Br)cc2N)cc1. The fraction of sp³-hybridized carbons (Fsp3) is 0.0833. The lowest BCUT2D eigenvalue weighted by Crippen LogP contribution is -1.91. The Hall–Kier alpha value is -1.20. The molecule has 1 heterocycles. The van der Waals surface area contributed by atoms with Crippen molar-refractivity contribution in [3.63, 3.8) is 0 Å². The third-order valence-corrected chi connectivity index (χ3v) is 3.60. The maximum atomic E-state index is 5.89. The van der Waals surface area contributed by atoms with Crippen molar-refractivity contribution in [2.75, 3.05) is 12.8 Å². The number of nitrogens with zero attached hydrogens (tertiary/aromatic N) is 1. The van der Waals surface area contributed by atoms with Crippen LogP contribution in [0.4, 0.5) is 5.69 Å². The molecule has 5 heteroatoms. The quantitative estimate of drug-likeness (QED) is 0.941. The van der Waals surface area contributed by atoms with Crippen molar-refractivity contribution in [3.05, 3.63) is 41.0 Å². The summed E-state index contributed by atoms with van der Waals surface area (Å²) in [6, 6.07) is 9.63. The highest BCUT2D eigenvalue weighted by Gasteiger charge is 2.04. The molecule has 2 aromatic rings. The van der Waals surface area contributed by atoms with Crippen molar-refractivity contribution in [2.45, 2.75) is 9.92 Å². The van der Waals surface area contributed by atoms with E-state index in [4.69, 9.17) is 10.5 Å². The highest BCUT2D eigenvalue weighted by atomic mass is 79.9. The molecule has 1 aromatic carbocycles. The van der Waals surface area contributed by atoms with Crippen molar-refractivity contribution in [3.8, 4) is 5.75 Å². The van der Waals surface area contributed by atoms with Crippen LogP contribution in [-0.2, 0) is 0 Å². The van der Waals surface area contributed by atoms with Crippen LogP contribution in [0.5, 0.6) is 5.75 Å². The minimum atomic E-state index is 0.667. The van der Waals surface area contributed by atoms with E-state index < -0.39 is 0 Å². The molecule has 0 aliphatic carbocycles. The molecule has 88 valence electrons. The summed E-state index contributed by atoms with van der Waals surface area (Å²) in [6.07, 6.45) is 1.74. The molecule has 0 amide bonds. The highest BCUT2D eigenvalue weighted by Crippen LogP contribution is 2.32. The second-order valence-corrected chi connectivity index (χ2v) is 5.30. The Morgan fingerprint density at radius 3 is 2.59 bits per heavy atom. The first-order valence-corrected chi connectivity index (χ1v) is 6.53. The zero-order valence-corrected chi connectivity index (χ0v) is 11.6. The van der Waals surface area contributed by atoms with Gasteiger partial charge in [0.15, 0.2) is 0 Å². The van der Waals surface area contributed by atoms with Gasteiger partial charge in [-0.1, -0.05) is 11.8 Å². The van der Waals surface area contributed by atoms with Crippen LogP contribution >= 0.6 is 27.7 Å². The standard InChI is InChI=1S/C12H11BrN2OS/c1-16-9-2-4-10(5-3-9)17-12-11(14)6-8(13)7-15-12/h2-7H,14H2,1H3. The van der Waals surface area contributed by atoms with Gasteiger partial charge in [-0.25, -0.2) is 4.98 Å². The predicted octanol–water partition coefficient (Wildman–Crippen LogP) is 3.59. The predicted molar refractivity (Wildman–Crippen MR) is 73.5 cm³/mol. The minimum absolute atomic E-state index is 0.667. The number of benzene rings is 1. The van der Waals surface area contributed by atoms with E-state index >= 15 is 0 Å². The fourth-order valence-corrected chi connectivity index (χ4v) is 2.41. The van der Waals surface area contributed by atoms with Crippen LogP contribution in [0, 0.1) is 0 Å². The van der Waals surface area contributed by atoms with Crippen LogP contribution in [0.3, 0.4) is 0 Å². The van der Waals surface area contributed by atoms with Gasteiger partial charge in [-0.05, 0) is 46.3 Å². The Kier molecular flexibility index (Phi) is 3.91. The molecule has 3 nitrogen and oxygen atoms in total. The lowest BCUT2D eigenvalue weighted by atomic mass is 10.3. The first-order chi connectivity index (χ1) is 8.19. The van der Waals surface area contributed by atoms with E-state index in [2.05, 4.69) is 20.9 Å². The van der Waals surface area contributed by atoms with Gasteiger partial charge >= 0.3 is 0 Å². The normalized spacial score (nSPS) is 10.2. The van der Waals surface area contributed by atoms with E-state index in [1.807, 2.05) is 30.3 Å².